The Morgan fingerprint density at radius 2 is 2.21 bits per heavy atom. The van der Waals surface area contributed by atoms with Crippen molar-refractivity contribution in [3.8, 4) is 0 Å². The molecule has 0 aliphatic heterocycles. The summed E-state index contributed by atoms with van der Waals surface area (Å²) in [6, 6.07) is 9.37. The normalized spacial score (nSPS) is 22.0. The minimum atomic E-state index is -0.117. The van der Waals surface area contributed by atoms with Gasteiger partial charge in [0.25, 0.3) is 0 Å². The van der Waals surface area contributed by atoms with Gasteiger partial charge in [-0.15, -0.1) is 0 Å². The van der Waals surface area contributed by atoms with Gasteiger partial charge in [-0.05, 0) is 66.0 Å². The zero-order valence-corrected chi connectivity index (χ0v) is 11.1. The number of benzene rings is 1. The maximum atomic E-state index is 13.3. The third-order valence-corrected chi connectivity index (χ3v) is 4.24. The largest absolute Gasteiger partial charge is 0.264 e. The number of aryl methyl sites for hydroxylation is 1. The van der Waals surface area contributed by atoms with Gasteiger partial charge in [-0.25, -0.2) is 4.39 Å². The molecule has 0 fully saturated rings. The average Bonchev–Trinajstić information content (AvgIpc) is 2.43. The fraction of sp³-hybridized carbons (Fsp3) is 0.353. The fourth-order valence-corrected chi connectivity index (χ4v) is 3.13. The number of nitrogens with zero attached hydrogens (tertiary/aromatic N) is 1. The molecule has 2 unspecified atom stereocenters. The molecule has 19 heavy (non-hydrogen) atoms. The zero-order valence-electron chi connectivity index (χ0n) is 11.1. The van der Waals surface area contributed by atoms with Crippen LogP contribution >= 0.6 is 0 Å². The summed E-state index contributed by atoms with van der Waals surface area (Å²) in [5, 5.41) is 0. The van der Waals surface area contributed by atoms with E-state index in [1.165, 1.54) is 16.7 Å². The molecule has 0 N–H and O–H groups in total. The van der Waals surface area contributed by atoms with E-state index in [0.717, 1.165) is 19.3 Å². The predicted octanol–water partition coefficient (Wildman–Crippen LogP) is 4.13. The molecule has 0 amide bonds. The van der Waals surface area contributed by atoms with Crippen LogP contribution in [0.15, 0.2) is 42.7 Å². The summed E-state index contributed by atoms with van der Waals surface area (Å²) in [6.45, 7) is 2.30. The first-order valence-corrected chi connectivity index (χ1v) is 6.91. The molecule has 1 nitrogen and oxygen atoms in total. The van der Waals surface area contributed by atoms with Gasteiger partial charge in [-0.1, -0.05) is 19.1 Å². The summed E-state index contributed by atoms with van der Waals surface area (Å²) in [4.78, 5) is 4.19. The zero-order chi connectivity index (χ0) is 13.2. The van der Waals surface area contributed by atoms with Crippen molar-refractivity contribution in [1.29, 1.82) is 0 Å². The number of rotatable bonds is 2. The van der Waals surface area contributed by atoms with E-state index in [1.807, 2.05) is 18.3 Å². The Kier molecular flexibility index (Phi) is 3.33. The van der Waals surface area contributed by atoms with E-state index in [0.29, 0.717) is 11.8 Å². The summed E-state index contributed by atoms with van der Waals surface area (Å²) in [5.74, 6) is 1.00. The van der Waals surface area contributed by atoms with Gasteiger partial charge in [0.15, 0.2) is 0 Å². The van der Waals surface area contributed by atoms with Gasteiger partial charge in [-0.3, -0.25) is 4.98 Å². The molecule has 1 aromatic heterocycles. The lowest BCUT2D eigenvalue weighted by molar-refractivity contribution is 0.399. The Morgan fingerprint density at radius 3 is 3.00 bits per heavy atom. The molecular weight excluding hydrogens is 237 g/mol. The van der Waals surface area contributed by atoms with Crippen LogP contribution in [0, 0.1) is 11.7 Å². The standard InChI is InChI=1S/C17H18FN/c1-12-4-5-14-10-15(18)6-7-16(14)17(12)9-13-3-2-8-19-11-13/h2-3,6-8,10-12,17H,4-5,9H2,1H3. The van der Waals surface area contributed by atoms with Crippen LogP contribution in [0.3, 0.4) is 0 Å². The fourth-order valence-electron chi connectivity index (χ4n) is 3.13. The Balaban J connectivity index is 1.93. The van der Waals surface area contributed by atoms with Crippen molar-refractivity contribution >= 4 is 0 Å². The Bertz CT molecular complexity index is 565. The number of pyridine rings is 1. The molecule has 0 saturated carbocycles. The van der Waals surface area contributed by atoms with Crippen LogP contribution in [0.5, 0.6) is 0 Å². The number of halogens is 1. The molecule has 1 heterocycles. The topological polar surface area (TPSA) is 12.9 Å². The number of hydrogen-bond donors (Lipinski definition) is 0. The second-order valence-corrected chi connectivity index (χ2v) is 5.53. The van der Waals surface area contributed by atoms with E-state index in [2.05, 4.69) is 18.0 Å². The molecular formula is C17H18FN. The lowest BCUT2D eigenvalue weighted by atomic mass is 9.73. The van der Waals surface area contributed by atoms with Crippen LogP contribution in [0.4, 0.5) is 4.39 Å². The number of aromatic nitrogens is 1. The summed E-state index contributed by atoms with van der Waals surface area (Å²) in [7, 11) is 0. The van der Waals surface area contributed by atoms with Gasteiger partial charge < -0.3 is 0 Å². The number of fused-ring (bicyclic) bond motifs is 1. The van der Waals surface area contributed by atoms with Crippen molar-refractivity contribution in [2.75, 3.05) is 0 Å². The minimum absolute atomic E-state index is 0.117. The first-order chi connectivity index (χ1) is 9.24. The highest BCUT2D eigenvalue weighted by molar-refractivity contribution is 5.35. The second kappa shape index (κ2) is 5.12. The molecule has 0 bridgehead atoms. The van der Waals surface area contributed by atoms with Gasteiger partial charge in [-0.2, -0.15) is 0 Å². The Hall–Kier alpha value is -1.70. The molecule has 1 aliphatic carbocycles. The van der Waals surface area contributed by atoms with Gasteiger partial charge in [0, 0.05) is 12.4 Å². The molecule has 1 aromatic carbocycles. The molecule has 2 atom stereocenters. The highest BCUT2D eigenvalue weighted by Crippen LogP contribution is 2.38. The van der Waals surface area contributed by atoms with Crippen LogP contribution in [0.1, 0.15) is 36.0 Å². The SMILES string of the molecule is CC1CCc2cc(F)ccc2C1Cc1cccnc1. The van der Waals surface area contributed by atoms with Crippen LogP contribution in [-0.2, 0) is 12.8 Å². The van der Waals surface area contributed by atoms with Crippen molar-refractivity contribution in [2.45, 2.75) is 32.1 Å². The van der Waals surface area contributed by atoms with E-state index in [9.17, 15) is 4.39 Å². The average molecular weight is 255 g/mol. The molecule has 1 aliphatic rings. The lowest BCUT2D eigenvalue weighted by Gasteiger charge is -2.31. The van der Waals surface area contributed by atoms with Crippen molar-refractivity contribution in [2.24, 2.45) is 5.92 Å². The van der Waals surface area contributed by atoms with Gasteiger partial charge >= 0.3 is 0 Å². The Morgan fingerprint density at radius 1 is 1.32 bits per heavy atom. The Labute approximate surface area is 113 Å². The van der Waals surface area contributed by atoms with Crippen molar-refractivity contribution in [1.82, 2.24) is 4.98 Å². The summed E-state index contributed by atoms with van der Waals surface area (Å²) >= 11 is 0. The summed E-state index contributed by atoms with van der Waals surface area (Å²) in [6.07, 6.45) is 6.87. The van der Waals surface area contributed by atoms with Gasteiger partial charge in [0.1, 0.15) is 5.82 Å². The summed E-state index contributed by atoms with van der Waals surface area (Å²) < 4.78 is 13.3. The van der Waals surface area contributed by atoms with Crippen LogP contribution < -0.4 is 0 Å². The molecule has 0 radical (unpaired) electrons. The lowest BCUT2D eigenvalue weighted by Crippen LogP contribution is -2.20. The first-order valence-electron chi connectivity index (χ1n) is 6.91. The molecule has 98 valence electrons. The van der Waals surface area contributed by atoms with Crippen molar-refractivity contribution < 1.29 is 4.39 Å². The number of hydrogen-bond acceptors (Lipinski definition) is 1. The second-order valence-electron chi connectivity index (χ2n) is 5.53. The van der Waals surface area contributed by atoms with E-state index in [-0.39, 0.29) is 5.82 Å². The van der Waals surface area contributed by atoms with Crippen LogP contribution in [0.25, 0.3) is 0 Å². The van der Waals surface area contributed by atoms with E-state index in [1.54, 1.807) is 18.3 Å². The van der Waals surface area contributed by atoms with E-state index < -0.39 is 0 Å². The third kappa shape index (κ3) is 2.53. The molecule has 3 rings (SSSR count). The highest BCUT2D eigenvalue weighted by Gasteiger charge is 2.26. The molecule has 2 aromatic rings. The maximum Gasteiger partial charge on any atom is 0.123 e. The quantitative estimate of drug-likeness (QED) is 0.786. The summed E-state index contributed by atoms with van der Waals surface area (Å²) in [5.41, 5.74) is 3.77. The van der Waals surface area contributed by atoms with E-state index >= 15 is 0 Å². The third-order valence-electron chi connectivity index (χ3n) is 4.24. The first kappa shape index (κ1) is 12.3. The minimum Gasteiger partial charge on any atom is -0.264 e. The predicted molar refractivity (Wildman–Crippen MR) is 74.6 cm³/mol. The van der Waals surface area contributed by atoms with Crippen LogP contribution in [-0.4, -0.2) is 4.98 Å². The van der Waals surface area contributed by atoms with Crippen molar-refractivity contribution in [3.05, 3.63) is 65.2 Å². The monoisotopic (exact) mass is 255 g/mol. The van der Waals surface area contributed by atoms with Crippen LogP contribution in [0.2, 0.25) is 0 Å². The molecule has 0 saturated heterocycles. The molecule has 2 heteroatoms. The van der Waals surface area contributed by atoms with Crippen molar-refractivity contribution in [3.63, 3.8) is 0 Å². The smallest absolute Gasteiger partial charge is 0.123 e. The van der Waals surface area contributed by atoms with E-state index in [4.69, 9.17) is 0 Å². The van der Waals surface area contributed by atoms with Gasteiger partial charge in [0.05, 0.1) is 0 Å². The highest BCUT2D eigenvalue weighted by atomic mass is 19.1. The van der Waals surface area contributed by atoms with Gasteiger partial charge in [0.2, 0.25) is 0 Å². The maximum absolute atomic E-state index is 13.3. The molecule has 0 spiro atoms.